The zero-order valence-electron chi connectivity index (χ0n) is 11.1. The summed E-state index contributed by atoms with van der Waals surface area (Å²) in [4.78, 5) is 11.3. The average Bonchev–Trinajstić information content (AvgIpc) is 2.38. The SMILES string of the molecule is CCCCC(C(=O)O)c1cc(OC)cc(OC)c1. The van der Waals surface area contributed by atoms with Crippen molar-refractivity contribution < 1.29 is 19.4 Å². The average molecular weight is 252 g/mol. The van der Waals surface area contributed by atoms with Crippen molar-refractivity contribution in [2.45, 2.75) is 32.1 Å². The van der Waals surface area contributed by atoms with Gasteiger partial charge in [-0.1, -0.05) is 19.8 Å². The molecular formula is C14H20O4. The Morgan fingerprint density at radius 2 is 1.78 bits per heavy atom. The number of carboxylic acid groups (broad SMARTS) is 1. The lowest BCUT2D eigenvalue weighted by atomic mass is 9.93. The minimum Gasteiger partial charge on any atom is -0.497 e. The van der Waals surface area contributed by atoms with Crippen LogP contribution in [-0.4, -0.2) is 25.3 Å². The Labute approximate surface area is 108 Å². The zero-order valence-corrected chi connectivity index (χ0v) is 11.1. The van der Waals surface area contributed by atoms with E-state index < -0.39 is 11.9 Å². The van der Waals surface area contributed by atoms with E-state index in [-0.39, 0.29) is 0 Å². The predicted octanol–water partition coefficient (Wildman–Crippen LogP) is 3.06. The summed E-state index contributed by atoms with van der Waals surface area (Å²) >= 11 is 0. The first-order valence-electron chi connectivity index (χ1n) is 6.08. The minimum atomic E-state index is -0.807. The van der Waals surface area contributed by atoms with Crippen LogP contribution < -0.4 is 9.47 Å². The molecule has 0 aliphatic heterocycles. The van der Waals surface area contributed by atoms with Gasteiger partial charge >= 0.3 is 5.97 Å². The van der Waals surface area contributed by atoms with Crippen LogP contribution in [-0.2, 0) is 4.79 Å². The molecule has 0 heterocycles. The van der Waals surface area contributed by atoms with Crippen molar-refractivity contribution in [1.29, 1.82) is 0 Å². The number of hydrogen-bond donors (Lipinski definition) is 1. The summed E-state index contributed by atoms with van der Waals surface area (Å²) in [6.07, 6.45) is 2.49. The highest BCUT2D eigenvalue weighted by Gasteiger charge is 2.20. The van der Waals surface area contributed by atoms with Gasteiger partial charge in [0.15, 0.2) is 0 Å². The number of methoxy groups -OCH3 is 2. The van der Waals surface area contributed by atoms with E-state index in [2.05, 4.69) is 0 Å². The van der Waals surface area contributed by atoms with Gasteiger partial charge in [-0.25, -0.2) is 0 Å². The van der Waals surface area contributed by atoms with E-state index in [1.165, 1.54) is 0 Å². The summed E-state index contributed by atoms with van der Waals surface area (Å²) < 4.78 is 10.3. The Hall–Kier alpha value is -1.71. The first-order valence-corrected chi connectivity index (χ1v) is 6.08. The number of ether oxygens (including phenoxy) is 2. The van der Waals surface area contributed by atoms with Crippen LogP contribution >= 0.6 is 0 Å². The molecule has 1 rings (SSSR count). The third kappa shape index (κ3) is 3.65. The van der Waals surface area contributed by atoms with Crippen molar-refractivity contribution in [1.82, 2.24) is 0 Å². The molecule has 0 saturated heterocycles. The van der Waals surface area contributed by atoms with Crippen molar-refractivity contribution in [3.8, 4) is 11.5 Å². The smallest absolute Gasteiger partial charge is 0.310 e. The van der Waals surface area contributed by atoms with Crippen molar-refractivity contribution >= 4 is 5.97 Å². The summed E-state index contributed by atoms with van der Waals surface area (Å²) in [5.74, 6) is -0.0769. The lowest BCUT2D eigenvalue weighted by molar-refractivity contribution is -0.139. The molecule has 1 unspecified atom stereocenters. The molecule has 0 saturated carbocycles. The van der Waals surface area contributed by atoms with Crippen LogP contribution in [0.5, 0.6) is 11.5 Å². The number of hydrogen-bond acceptors (Lipinski definition) is 3. The zero-order chi connectivity index (χ0) is 13.5. The van der Waals surface area contributed by atoms with Crippen LogP contribution in [0.15, 0.2) is 18.2 Å². The Morgan fingerprint density at radius 3 is 2.17 bits per heavy atom. The summed E-state index contributed by atoms with van der Waals surface area (Å²) in [6.45, 7) is 2.05. The van der Waals surface area contributed by atoms with Gasteiger partial charge < -0.3 is 14.6 Å². The van der Waals surface area contributed by atoms with Gasteiger partial charge in [0.25, 0.3) is 0 Å². The van der Waals surface area contributed by atoms with Crippen molar-refractivity contribution in [2.75, 3.05) is 14.2 Å². The molecule has 1 aromatic carbocycles. The molecule has 1 N–H and O–H groups in total. The van der Waals surface area contributed by atoms with Crippen LogP contribution in [0.2, 0.25) is 0 Å². The van der Waals surface area contributed by atoms with E-state index in [0.29, 0.717) is 17.9 Å². The second-order valence-electron chi connectivity index (χ2n) is 4.18. The maximum absolute atomic E-state index is 11.3. The van der Waals surface area contributed by atoms with Crippen molar-refractivity contribution in [2.24, 2.45) is 0 Å². The van der Waals surface area contributed by atoms with Gasteiger partial charge in [0.2, 0.25) is 0 Å². The molecule has 4 nitrogen and oxygen atoms in total. The molecule has 0 spiro atoms. The van der Waals surface area contributed by atoms with E-state index in [9.17, 15) is 9.90 Å². The van der Waals surface area contributed by atoms with Gasteiger partial charge in [-0.05, 0) is 24.1 Å². The Morgan fingerprint density at radius 1 is 1.22 bits per heavy atom. The van der Waals surface area contributed by atoms with Crippen LogP contribution in [0, 0.1) is 0 Å². The molecule has 0 aliphatic rings. The maximum Gasteiger partial charge on any atom is 0.310 e. The first-order chi connectivity index (χ1) is 8.62. The van der Waals surface area contributed by atoms with Gasteiger partial charge in [-0.15, -0.1) is 0 Å². The molecule has 4 heteroatoms. The van der Waals surface area contributed by atoms with Crippen LogP contribution in [0.25, 0.3) is 0 Å². The quantitative estimate of drug-likeness (QED) is 0.810. The fourth-order valence-electron chi connectivity index (χ4n) is 1.87. The normalized spacial score (nSPS) is 11.9. The molecular weight excluding hydrogens is 232 g/mol. The Kier molecular flexibility index (Phi) is 5.49. The molecule has 1 aromatic rings. The second kappa shape index (κ2) is 6.89. The highest BCUT2D eigenvalue weighted by Crippen LogP contribution is 2.30. The standard InChI is InChI=1S/C14H20O4/c1-4-5-6-13(14(15)16)10-7-11(17-2)9-12(8-10)18-3/h7-9,13H,4-6H2,1-3H3,(H,15,16). The lowest BCUT2D eigenvalue weighted by Crippen LogP contribution is -2.12. The van der Waals surface area contributed by atoms with Gasteiger partial charge in [0, 0.05) is 6.07 Å². The maximum atomic E-state index is 11.3. The number of unbranched alkanes of at least 4 members (excludes halogenated alkanes) is 1. The predicted molar refractivity (Wildman–Crippen MR) is 69.4 cm³/mol. The van der Waals surface area contributed by atoms with E-state index in [4.69, 9.17) is 9.47 Å². The van der Waals surface area contributed by atoms with E-state index >= 15 is 0 Å². The fourth-order valence-corrected chi connectivity index (χ4v) is 1.87. The highest BCUT2D eigenvalue weighted by molar-refractivity contribution is 5.76. The van der Waals surface area contributed by atoms with Crippen molar-refractivity contribution in [3.63, 3.8) is 0 Å². The van der Waals surface area contributed by atoms with Crippen LogP contribution in [0.3, 0.4) is 0 Å². The molecule has 1 atom stereocenters. The monoisotopic (exact) mass is 252 g/mol. The van der Waals surface area contributed by atoms with Gasteiger partial charge in [0.1, 0.15) is 11.5 Å². The molecule has 0 aliphatic carbocycles. The first kappa shape index (κ1) is 14.4. The van der Waals surface area contributed by atoms with Crippen molar-refractivity contribution in [3.05, 3.63) is 23.8 Å². The molecule has 0 bridgehead atoms. The van der Waals surface area contributed by atoms with Crippen LogP contribution in [0.4, 0.5) is 0 Å². The van der Waals surface area contributed by atoms with Gasteiger partial charge in [-0.3, -0.25) is 4.79 Å². The molecule has 0 amide bonds. The summed E-state index contributed by atoms with van der Waals surface area (Å²) in [6, 6.07) is 5.26. The lowest BCUT2D eigenvalue weighted by Gasteiger charge is -2.15. The molecule has 0 aromatic heterocycles. The molecule has 0 radical (unpaired) electrons. The second-order valence-corrected chi connectivity index (χ2v) is 4.18. The number of carbonyl (C=O) groups is 1. The van der Waals surface area contributed by atoms with E-state index in [1.54, 1.807) is 32.4 Å². The van der Waals surface area contributed by atoms with E-state index in [0.717, 1.165) is 18.4 Å². The number of aliphatic carboxylic acids is 1. The fraction of sp³-hybridized carbons (Fsp3) is 0.500. The topological polar surface area (TPSA) is 55.8 Å². The van der Waals surface area contributed by atoms with Gasteiger partial charge in [0.05, 0.1) is 20.1 Å². The minimum absolute atomic E-state index is 0.506. The van der Waals surface area contributed by atoms with E-state index in [1.807, 2.05) is 6.92 Å². The van der Waals surface area contributed by atoms with Crippen LogP contribution in [0.1, 0.15) is 37.7 Å². The summed E-state index contributed by atoms with van der Waals surface area (Å²) in [5.41, 5.74) is 0.729. The summed E-state index contributed by atoms with van der Waals surface area (Å²) in [5, 5.41) is 9.30. The molecule has 0 fully saturated rings. The number of rotatable bonds is 7. The number of carboxylic acids is 1. The summed E-state index contributed by atoms with van der Waals surface area (Å²) in [7, 11) is 3.11. The van der Waals surface area contributed by atoms with Gasteiger partial charge in [-0.2, -0.15) is 0 Å². The Bertz CT molecular complexity index is 379. The Balaban J connectivity index is 3.05. The largest absolute Gasteiger partial charge is 0.497 e. The number of benzene rings is 1. The molecule has 18 heavy (non-hydrogen) atoms. The highest BCUT2D eigenvalue weighted by atomic mass is 16.5. The molecule has 100 valence electrons. The third-order valence-corrected chi connectivity index (χ3v) is 2.92. The third-order valence-electron chi connectivity index (χ3n) is 2.92.